The summed E-state index contributed by atoms with van der Waals surface area (Å²) in [6, 6.07) is 12.7. The van der Waals surface area contributed by atoms with E-state index in [1.54, 1.807) is 35.2 Å². The zero-order chi connectivity index (χ0) is 27.2. The number of rotatable bonds is 4. The molecule has 1 aliphatic heterocycles. The predicted molar refractivity (Wildman–Crippen MR) is 137 cm³/mol. The van der Waals surface area contributed by atoms with Crippen molar-refractivity contribution in [1.82, 2.24) is 14.0 Å². The Labute approximate surface area is 217 Å². The molecule has 1 N–H and O–H groups in total. The molecule has 0 aliphatic carbocycles. The Balaban J connectivity index is 1.65. The molecule has 1 aliphatic rings. The number of alkyl halides is 3. The Hall–Kier alpha value is -4.19. The number of benzene rings is 2. The van der Waals surface area contributed by atoms with Crippen molar-refractivity contribution in [3.8, 4) is 5.69 Å². The highest BCUT2D eigenvalue weighted by Gasteiger charge is 2.34. The largest absolute Gasteiger partial charge is 0.418 e. The molecule has 4 aromatic rings. The van der Waals surface area contributed by atoms with Crippen LogP contribution >= 0.6 is 11.3 Å². The second-order valence-electron chi connectivity index (χ2n) is 8.81. The van der Waals surface area contributed by atoms with Crippen molar-refractivity contribution in [2.45, 2.75) is 32.6 Å². The van der Waals surface area contributed by atoms with Gasteiger partial charge in [-0.05, 0) is 36.2 Å². The van der Waals surface area contributed by atoms with Gasteiger partial charge in [-0.3, -0.25) is 19.0 Å². The fourth-order valence-corrected chi connectivity index (χ4v) is 5.94. The Morgan fingerprint density at radius 3 is 2.39 bits per heavy atom. The maximum Gasteiger partial charge on any atom is 0.418 e. The summed E-state index contributed by atoms with van der Waals surface area (Å²) in [6.45, 7) is 1.48. The predicted octanol–water partition coefficient (Wildman–Crippen LogP) is 3.78. The monoisotopic (exact) mass is 542 g/mol. The molecule has 5 rings (SSSR count). The number of anilines is 1. The minimum absolute atomic E-state index is 0.130. The summed E-state index contributed by atoms with van der Waals surface area (Å²) in [5.41, 5.74) is -1.81. The maximum atomic E-state index is 13.6. The number of amides is 2. The van der Waals surface area contributed by atoms with Crippen molar-refractivity contribution in [2.24, 2.45) is 0 Å². The first kappa shape index (κ1) is 25.5. The summed E-state index contributed by atoms with van der Waals surface area (Å²) in [5.74, 6) is -0.991. The van der Waals surface area contributed by atoms with Gasteiger partial charge in [0.25, 0.3) is 5.56 Å². The average Bonchev–Trinajstić information content (AvgIpc) is 3.26. The number of thiophene rings is 1. The van der Waals surface area contributed by atoms with Gasteiger partial charge < -0.3 is 10.2 Å². The third-order valence-corrected chi connectivity index (χ3v) is 7.63. The van der Waals surface area contributed by atoms with Gasteiger partial charge in [-0.25, -0.2) is 9.36 Å². The van der Waals surface area contributed by atoms with Crippen LogP contribution < -0.4 is 16.6 Å². The molecule has 0 fully saturated rings. The van der Waals surface area contributed by atoms with Crippen molar-refractivity contribution in [3.63, 3.8) is 0 Å². The van der Waals surface area contributed by atoms with Crippen molar-refractivity contribution >= 4 is 39.1 Å². The second-order valence-corrected chi connectivity index (χ2v) is 9.89. The van der Waals surface area contributed by atoms with Gasteiger partial charge in [-0.2, -0.15) is 13.2 Å². The molecule has 0 unspecified atom stereocenters. The maximum absolute atomic E-state index is 13.6. The molecule has 2 aromatic carbocycles. The summed E-state index contributed by atoms with van der Waals surface area (Å²) < 4.78 is 42.4. The van der Waals surface area contributed by atoms with E-state index in [0.29, 0.717) is 24.2 Å². The molecule has 12 heteroatoms. The number of hydrogen-bond acceptors (Lipinski definition) is 5. The molecule has 0 saturated heterocycles. The van der Waals surface area contributed by atoms with Crippen LogP contribution in [0.2, 0.25) is 0 Å². The molecule has 2 aromatic heterocycles. The van der Waals surface area contributed by atoms with E-state index in [1.807, 2.05) is 0 Å². The number of fused-ring (bicyclic) bond motifs is 3. The smallest absolute Gasteiger partial charge is 0.337 e. The van der Waals surface area contributed by atoms with E-state index < -0.39 is 41.1 Å². The molecule has 8 nitrogen and oxygen atoms in total. The van der Waals surface area contributed by atoms with E-state index in [1.165, 1.54) is 19.1 Å². The number of nitrogens with zero attached hydrogens (tertiary/aromatic N) is 3. The zero-order valence-corrected chi connectivity index (χ0v) is 20.9. The molecular formula is C26H21F3N4O4S. The standard InChI is InChI=1S/C26H21F3N4O4S/c1-15(34)31-12-11-17-20(13-31)38-24-22(17)23(36)33(16-7-3-2-4-8-16)25(37)32(24)14-21(35)30-19-10-6-5-9-18(19)26(27,28)29/h2-10H,11-14H2,1H3,(H,30,35). The van der Waals surface area contributed by atoms with Crippen molar-refractivity contribution in [1.29, 1.82) is 0 Å². The Kier molecular flexibility index (Phi) is 6.43. The molecule has 2 amide bonds. The molecule has 196 valence electrons. The fourth-order valence-electron chi connectivity index (χ4n) is 4.59. The lowest BCUT2D eigenvalue weighted by atomic mass is 10.1. The van der Waals surface area contributed by atoms with Gasteiger partial charge in [-0.1, -0.05) is 30.3 Å². The van der Waals surface area contributed by atoms with E-state index in [0.717, 1.165) is 37.5 Å². The van der Waals surface area contributed by atoms with Crippen LogP contribution in [-0.2, 0) is 35.3 Å². The first-order valence-electron chi connectivity index (χ1n) is 11.6. The average molecular weight is 543 g/mol. The van der Waals surface area contributed by atoms with E-state index in [9.17, 15) is 32.3 Å². The zero-order valence-electron chi connectivity index (χ0n) is 20.0. The van der Waals surface area contributed by atoms with Crippen molar-refractivity contribution in [2.75, 3.05) is 11.9 Å². The van der Waals surface area contributed by atoms with Gasteiger partial charge in [0.15, 0.2) is 0 Å². The molecule has 0 saturated carbocycles. The van der Waals surface area contributed by atoms with Crippen LogP contribution in [0, 0.1) is 0 Å². The highest BCUT2D eigenvalue weighted by Crippen LogP contribution is 2.35. The molecule has 0 bridgehead atoms. The van der Waals surface area contributed by atoms with Crippen LogP contribution in [0.1, 0.15) is 22.9 Å². The van der Waals surface area contributed by atoms with Crippen molar-refractivity contribution < 1.29 is 22.8 Å². The Morgan fingerprint density at radius 1 is 1.03 bits per heavy atom. The van der Waals surface area contributed by atoms with Gasteiger partial charge >= 0.3 is 11.9 Å². The topological polar surface area (TPSA) is 93.4 Å². The minimum Gasteiger partial charge on any atom is -0.337 e. The number of nitrogens with one attached hydrogen (secondary N) is 1. The first-order valence-corrected chi connectivity index (χ1v) is 12.4. The SMILES string of the molecule is CC(=O)N1CCc2c(sc3c2c(=O)n(-c2ccccc2)c(=O)n3CC(=O)Nc2ccccc2C(F)(F)F)C1. The van der Waals surface area contributed by atoms with Crippen LogP contribution in [0.3, 0.4) is 0 Å². The summed E-state index contributed by atoms with van der Waals surface area (Å²) in [6.07, 6.45) is -4.30. The summed E-state index contributed by atoms with van der Waals surface area (Å²) >= 11 is 1.13. The highest BCUT2D eigenvalue weighted by atomic mass is 32.1. The highest BCUT2D eigenvalue weighted by molar-refractivity contribution is 7.18. The second kappa shape index (κ2) is 9.60. The number of halogens is 3. The lowest BCUT2D eigenvalue weighted by molar-refractivity contribution is -0.137. The van der Waals surface area contributed by atoms with E-state index in [-0.39, 0.29) is 22.7 Å². The number of para-hydroxylation sites is 2. The minimum atomic E-state index is -4.69. The lowest BCUT2D eigenvalue weighted by Gasteiger charge is -2.25. The van der Waals surface area contributed by atoms with E-state index >= 15 is 0 Å². The van der Waals surface area contributed by atoms with Crippen LogP contribution in [0.25, 0.3) is 15.9 Å². The Morgan fingerprint density at radius 2 is 1.71 bits per heavy atom. The lowest BCUT2D eigenvalue weighted by Crippen LogP contribution is -2.41. The Bertz CT molecular complexity index is 1690. The number of hydrogen-bond donors (Lipinski definition) is 1. The first-order chi connectivity index (χ1) is 18.1. The van der Waals surface area contributed by atoms with Gasteiger partial charge in [0.2, 0.25) is 11.8 Å². The molecule has 38 heavy (non-hydrogen) atoms. The van der Waals surface area contributed by atoms with E-state index in [2.05, 4.69) is 5.32 Å². The van der Waals surface area contributed by atoms with Gasteiger partial charge in [0, 0.05) is 18.3 Å². The summed E-state index contributed by atoms with van der Waals surface area (Å²) in [7, 11) is 0. The molecule has 3 heterocycles. The molecule has 0 spiro atoms. The van der Waals surface area contributed by atoms with Crippen LogP contribution in [0.15, 0.2) is 64.2 Å². The number of carbonyl (C=O) groups excluding carboxylic acids is 2. The number of aromatic nitrogens is 2. The van der Waals surface area contributed by atoms with Gasteiger partial charge in [0.1, 0.15) is 11.4 Å². The van der Waals surface area contributed by atoms with Gasteiger partial charge in [0.05, 0.1) is 28.9 Å². The fraction of sp³-hybridized carbons (Fsp3) is 0.231. The van der Waals surface area contributed by atoms with Crippen molar-refractivity contribution in [3.05, 3.63) is 91.4 Å². The third-order valence-electron chi connectivity index (χ3n) is 6.39. The van der Waals surface area contributed by atoms with Crippen LogP contribution in [0.5, 0.6) is 0 Å². The molecule has 0 atom stereocenters. The van der Waals surface area contributed by atoms with Crippen LogP contribution in [0.4, 0.5) is 18.9 Å². The summed E-state index contributed by atoms with van der Waals surface area (Å²) in [5, 5.41) is 2.52. The summed E-state index contributed by atoms with van der Waals surface area (Å²) in [4.78, 5) is 54.8. The third kappa shape index (κ3) is 4.51. The van der Waals surface area contributed by atoms with Gasteiger partial charge in [-0.15, -0.1) is 11.3 Å². The van der Waals surface area contributed by atoms with Crippen LogP contribution in [-0.4, -0.2) is 32.4 Å². The quantitative estimate of drug-likeness (QED) is 0.425. The van der Waals surface area contributed by atoms with E-state index in [4.69, 9.17) is 0 Å². The number of carbonyl (C=O) groups is 2. The normalized spacial score (nSPS) is 13.4. The molecule has 0 radical (unpaired) electrons. The molecular weight excluding hydrogens is 521 g/mol.